The molecule has 0 radical (unpaired) electrons. The summed E-state index contributed by atoms with van der Waals surface area (Å²) in [7, 11) is 0. The highest BCUT2D eigenvalue weighted by Gasteiger charge is 1.95. The van der Waals surface area contributed by atoms with Crippen molar-refractivity contribution in [1.82, 2.24) is 0 Å². The minimum Gasteiger partial charge on any atom is -0.355 e. The number of isocyanates is 2. The molecular weight excluding hydrogens is 254 g/mol. The van der Waals surface area contributed by atoms with Crippen LogP contribution in [-0.4, -0.2) is 12.2 Å². The molecule has 0 aliphatic rings. The molecule has 2 rings (SSSR count). The van der Waals surface area contributed by atoms with E-state index in [4.69, 9.17) is 20.4 Å². The fourth-order valence-corrected chi connectivity index (χ4v) is 1.39. The number of rotatable bonds is 2. The van der Waals surface area contributed by atoms with E-state index in [0.29, 0.717) is 0 Å². The van der Waals surface area contributed by atoms with E-state index in [1.54, 1.807) is 0 Å². The lowest BCUT2D eigenvalue weighted by Crippen LogP contribution is -1.91. The SMILES string of the molecule is Cc1ccccc1Nc1ccccc1.N=C=O.N=C=O. The topological polar surface area (TPSA) is 93.9 Å². The van der Waals surface area contributed by atoms with Gasteiger partial charge in [0.1, 0.15) is 0 Å². The van der Waals surface area contributed by atoms with Gasteiger partial charge in [-0.25, -0.2) is 20.4 Å². The van der Waals surface area contributed by atoms with Crippen molar-refractivity contribution in [2.45, 2.75) is 6.92 Å². The summed E-state index contributed by atoms with van der Waals surface area (Å²) in [6.45, 7) is 2.10. The van der Waals surface area contributed by atoms with Crippen molar-refractivity contribution >= 4 is 23.5 Å². The largest absolute Gasteiger partial charge is 0.355 e. The molecule has 2 aromatic rings. The summed E-state index contributed by atoms with van der Waals surface area (Å²) in [5.74, 6) is 0. The summed E-state index contributed by atoms with van der Waals surface area (Å²) < 4.78 is 0. The Bertz CT molecular complexity index is 559. The second-order valence-electron chi connectivity index (χ2n) is 3.51. The predicted octanol–water partition coefficient (Wildman–Crippen LogP) is 3.54. The summed E-state index contributed by atoms with van der Waals surface area (Å²) >= 11 is 0. The Hall–Kier alpha value is -3.00. The second-order valence-corrected chi connectivity index (χ2v) is 3.51. The first-order valence-corrected chi connectivity index (χ1v) is 5.65. The molecule has 102 valence electrons. The second kappa shape index (κ2) is 11.1. The number of aryl methyl sites for hydroxylation is 1. The van der Waals surface area contributed by atoms with E-state index in [2.05, 4.69) is 36.5 Å². The van der Waals surface area contributed by atoms with E-state index in [1.165, 1.54) is 11.3 Å². The van der Waals surface area contributed by atoms with Gasteiger partial charge in [-0.3, -0.25) is 0 Å². The molecule has 0 unspecified atom stereocenters. The van der Waals surface area contributed by atoms with Gasteiger partial charge < -0.3 is 5.32 Å². The minimum atomic E-state index is 0.750. The van der Waals surface area contributed by atoms with Crippen LogP contribution in [-0.2, 0) is 9.59 Å². The summed E-state index contributed by atoms with van der Waals surface area (Å²) in [4.78, 5) is 16.7. The Morgan fingerprint density at radius 2 is 1.30 bits per heavy atom. The zero-order chi connectivity index (χ0) is 15.2. The first kappa shape index (κ1) is 17.0. The maximum absolute atomic E-state index is 8.35. The number of nitrogens with one attached hydrogen (secondary N) is 3. The van der Waals surface area contributed by atoms with Crippen molar-refractivity contribution in [3.05, 3.63) is 60.2 Å². The standard InChI is InChI=1S/C13H13N.2CHNO/c1-11-7-5-6-10-13(11)14-12-8-3-2-4-9-12;2*2-1-3/h2-10,14H,1H3;2*2H. The van der Waals surface area contributed by atoms with E-state index in [-0.39, 0.29) is 0 Å². The molecule has 3 N–H and O–H groups in total. The van der Waals surface area contributed by atoms with Crippen LogP contribution in [0.25, 0.3) is 0 Å². The van der Waals surface area contributed by atoms with Crippen molar-refractivity contribution in [3.63, 3.8) is 0 Å². The Morgan fingerprint density at radius 1 is 0.850 bits per heavy atom. The number of para-hydroxylation sites is 2. The molecule has 0 amide bonds. The quantitative estimate of drug-likeness (QED) is 0.575. The molecule has 0 spiro atoms. The zero-order valence-corrected chi connectivity index (χ0v) is 11.0. The summed E-state index contributed by atoms with van der Waals surface area (Å²) in [5, 5.41) is 14.2. The Labute approximate surface area is 117 Å². The first-order chi connectivity index (χ1) is 9.69. The molecule has 0 fully saturated rings. The van der Waals surface area contributed by atoms with Crippen molar-refractivity contribution in [2.75, 3.05) is 5.32 Å². The van der Waals surface area contributed by atoms with Gasteiger partial charge in [-0.1, -0.05) is 36.4 Å². The third kappa shape index (κ3) is 7.35. The molecule has 0 atom stereocenters. The minimum absolute atomic E-state index is 0.750. The van der Waals surface area contributed by atoms with Crippen molar-refractivity contribution in [3.8, 4) is 0 Å². The number of anilines is 2. The van der Waals surface area contributed by atoms with Crippen molar-refractivity contribution in [1.29, 1.82) is 10.8 Å². The molecule has 0 heterocycles. The molecule has 5 heteroatoms. The first-order valence-electron chi connectivity index (χ1n) is 5.65. The zero-order valence-electron chi connectivity index (χ0n) is 11.0. The average Bonchev–Trinajstić information content (AvgIpc) is 2.44. The molecule has 0 aromatic heterocycles. The molecule has 2 aromatic carbocycles. The molecule has 20 heavy (non-hydrogen) atoms. The maximum Gasteiger partial charge on any atom is 0.231 e. The lowest BCUT2D eigenvalue weighted by atomic mass is 10.2. The van der Waals surface area contributed by atoms with Gasteiger partial charge in [0.15, 0.2) is 0 Å². The highest BCUT2D eigenvalue weighted by molar-refractivity contribution is 5.62. The monoisotopic (exact) mass is 269 g/mol. The van der Waals surface area contributed by atoms with Gasteiger partial charge in [0.2, 0.25) is 12.2 Å². The maximum atomic E-state index is 8.35. The van der Waals surface area contributed by atoms with E-state index < -0.39 is 0 Å². The third-order valence-corrected chi connectivity index (χ3v) is 2.20. The molecule has 0 saturated heterocycles. The van der Waals surface area contributed by atoms with Crippen LogP contribution in [0.5, 0.6) is 0 Å². The summed E-state index contributed by atoms with van der Waals surface area (Å²) in [5.41, 5.74) is 3.55. The van der Waals surface area contributed by atoms with Crippen LogP contribution in [0.2, 0.25) is 0 Å². The van der Waals surface area contributed by atoms with Gasteiger partial charge in [-0.05, 0) is 30.7 Å². The lowest BCUT2D eigenvalue weighted by Gasteiger charge is -2.08. The van der Waals surface area contributed by atoms with Crippen LogP contribution in [0.4, 0.5) is 11.4 Å². The van der Waals surface area contributed by atoms with Gasteiger partial charge in [0, 0.05) is 11.4 Å². The van der Waals surface area contributed by atoms with Gasteiger partial charge in [0.05, 0.1) is 0 Å². The molecule has 0 aliphatic carbocycles. The van der Waals surface area contributed by atoms with Crippen LogP contribution in [0.15, 0.2) is 54.6 Å². The smallest absolute Gasteiger partial charge is 0.231 e. The lowest BCUT2D eigenvalue weighted by molar-refractivity contribution is 0.562. The number of hydrogen-bond acceptors (Lipinski definition) is 5. The number of hydrogen-bond donors (Lipinski definition) is 3. The highest BCUT2D eigenvalue weighted by atomic mass is 16.1. The van der Waals surface area contributed by atoms with E-state index in [0.717, 1.165) is 17.8 Å². The normalized spacial score (nSPS) is 7.65. The molecule has 0 bridgehead atoms. The van der Waals surface area contributed by atoms with Gasteiger partial charge in [0.25, 0.3) is 0 Å². The van der Waals surface area contributed by atoms with Crippen LogP contribution in [0, 0.1) is 17.7 Å². The fourth-order valence-electron chi connectivity index (χ4n) is 1.39. The average molecular weight is 269 g/mol. The molecular formula is C15H15N3O2. The van der Waals surface area contributed by atoms with Crippen LogP contribution in [0.3, 0.4) is 0 Å². The third-order valence-electron chi connectivity index (χ3n) is 2.20. The van der Waals surface area contributed by atoms with Gasteiger partial charge in [-0.2, -0.15) is 0 Å². The Kier molecular flexibility index (Phi) is 9.44. The number of benzene rings is 2. The Morgan fingerprint density at radius 3 is 1.80 bits per heavy atom. The van der Waals surface area contributed by atoms with Gasteiger partial charge >= 0.3 is 0 Å². The van der Waals surface area contributed by atoms with Crippen LogP contribution >= 0.6 is 0 Å². The fraction of sp³-hybridized carbons (Fsp3) is 0.0667. The Balaban J connectivity index is 0.000000520. The van der Waals surface area contributed by atoms with Gasteiger partial charge in [-0.15, -0.1) is 0 Å². The summed E-state index contributed by atoms with van der Waals surface area (Å²) in [6.07, 6.45) is 1.50. The number of carbonyl (C=O) groups excluding carboxylic acids is 2. The van der Waals surface area contributed by atoms with E-state index in [9.17, 15) is 0 Å². The van der Waals surface area contributed by atoms with E-state index >= 15 is 0 Å². The summed E-state index contributed by atoms with van der Waals surface area (Å²) in [6, 6.07) is 18.5. The molecule has 0 aliphatic heterocycles. The van der Waals surface area contributed by atoms with E-state index in [1.807, 2.05) is 30.3 Å². The molecule has 5 nitrogen and oxygen atoms in total. The van der Waals surface area contributed by atoms with Crippen molar-refractivity contribution in [2.24, 2.45) is 0 Å². The molecule has 0 saturated carbocycles. The van der Waals surface area contributed by atoms with Crippen LogP contribution in [0.1, 0.15) is 5.56 Å². The van der Waals surface area contributed by atoms with Crippen molar-refractivity contribution < 1.29 is 9.59 Å². The van der Waals surface area contributed by atoms with Crippen LogP contribution < -0.4 is 5.32 Å². The highest BCUT2D eigenvalue weighted by Crippen LogP contribution is 2.19. The predicted molar refractivity (Wildman–Crippen MR) is 77.7 cm³/mol.